The van der Waals surface area contributed by atoms with E-state index in [4.69, 9.17) is 11.6 Å². The standard InChI is InChI=1S/C18H23ClN6O2/c1-13-5-6-14(11-15(13)19)23-18-16(25(26)27)17(21-12-22-18)20-7-10-24-8-3-2-4-9-24/h5-6,11-12H,2-4,7-10H2,1H3,(H2,20,21,22,23). The number of halogens is 1. The molecule has 27 heavy (non-hydrogen) atoms. The molecule has 2 aromatic rings. The highest BCUT2D eigenvalue weighted by Gasteiger charge is 2.23. The van der Waals surface area contributed by atoms with E-state index in [0.717, 1.165) is 25.2 Å². The topological polar surface area (TPSA) is 96.2 Å². The molecular weight excluding hydrogens is 368 g/mol. The maximum Gasteiger partial charge on any atom is 0.353 e. The number of benzene rings is 1. The highest BCUT2D eigenvalue weighted by Crippen LogP contribution is 2.32. The molecular formula is C18H23ClN6O2. The number of nitrogens with one attached hydrogen (secondary N) is 2. The maximum atomic E-state index is 11.6. The summed E-state index contributed by atoms with van der Waals surface area (Å²) in [5.74, 6) is 0.350. The summed E-state index contributed by atoms with van der Waals surface area (Å²) in [6.07, 6.45) is 5.01. The average molecular weight is 391 g/mol. The van der Waals surface area contributed by atoms with Crippen molar-refractivity contribution in [2.75, 3.05) is 36.8 Å². The summed E-state index contributed by atoms with van der Waals surface area (Å²) < 4.78 is 0. The van der Waals surface area contributed by atoms with Crippen molar-refractivity contribution in [3.63, 3.8) is 0 Å². The third kappa shape index (κ3) is 5.05. The van der Waals surface area contributed by atoms with Crippen molar-refractivity contribution >= 4 is 34.6 Å². The van der Waals surface area contributed by atoms with Crippen LogP contribution in [-0.2, 0) is 0 Å². The molecule has 2 N–H and O–H groups in total. The number of nitrogens with zero attached hydrogens (tertiary/aromatic N) is 4. The zero-order valence-corrected chi connectivity index (χ0v) is 16.0. The number of nitro groups is 1. The Morgan fingerprint density at radius 1 is 1.22 bits per heavy atom. The number of hydrogen-bond acceptors (Lipinski definition) is 7. The van der Waals surface area contributed by atoms with E-state index in [1.165, 1.54) is 25.6 Å². The molecule has 8 nitrogen and oxygen atoms in total. The first-order chi connectivity index (χ1) is 13.0. The second-order valence-corrected chi connectivity index (χ2v) is 7.00. The molecule has 1 aromatic carbocycles. The molecule has 0 unspecified atom stereocenters. The SMILES string of the molecule is Cc1ccc(Nc2ncnc(NCCN3CCCCC3)c2[N+](=O)[O-])cc1Cl. The third-order valence-corrected chi connectivity index (χ3v) is 5.02. The van der Waals surface area contributed by atoms with Gasteiger partial charge in [0.15, 0.2) is 0 Å². The van der Waals surface area contributed by atoms with E-state index in [2.05, 4.69) is 25.5 Å². The second-order valence-electron chi connectivity index (χ2n) is 6.59. The van der Waals surface area contributed by atoms with Gasteiger partial charge in [0.2, 0.25) is 11.6 Å². The lowest BCUT2D eigenvalue weighted by molar-refractivity contribution is -0.383. The molecule has 1 aromatic heterocycles. The van der Waals surface area contributed by atoms with Crippen LogP contribution >= 0.6 is 11.6 Å². The number of likely N-dealkylation sites (tertiary alicyclic amines) is 1. The van der Waals surface area contributed by atoms with Crippen LogP contribution in [0.3, 0.4) is 0 Å². The van der Waals surface area contributed by atoms with Gasteiger partial charge in [-0.1, -0.05) is 24.1 Å². The van der Waals surface area contributed by atoms with Crippen LogP contribution in [0.2, 0.25) is 5.02 Å². The second kappa shape index (κ2) is 8.96. The zero-order valence-electron chi connectivity index (χ0n) is 15.2. The van der Waals surface area contributed by atoms with Crippen LogP contribution in [-0.4, -0.2) is 46.0 Å². The van der Waals surface area contributed by atoms with E-state index in [0.29, 0.717) is 17.3 Å². The highest BCUT2D eigenvalue weighted by molar-refractivity contribution is 6.31. The minimum atomic E-state index is -0.471. The van der Waals surface area contributed by atoms with E-state index in [-0.39, 0.29) is 17.3 Å². The number of hydrogen-bond donors (Lipinski definition) is 2. The van der Waals surface area contributed by atoms with Crippen molar-refractivity contribution in [3.05, 3.63) is 45.2 Å². The Morgan fingerprint density at radius 3 is 2.67 bits per heavy atom. The van der Waals surface area contributed by atoms with Crippen molar-refractivity contribution in [2.24, 2.45) is 0 Å². The van der Waals surface area contributed by atoms with Crippen molar-refractivity contribution < 1.29 is 4.92 Å². The van der Waals surface area contributed by atoms with Crippen LogP contribution in [0.4, 0.5) is 23.0 Å². The summed E-state index contributed by atoms with van der Waals surface area (Å²) in [6, 6.07) is 5.36. The monoisotopic (exact) mass is 390 g/mol. The molecule has 1 aliphatic rings. The summed E-state index contributed by atoms with van der Waals surface area (Å²) in [4.78, 5) is 21.6. The number of rotatable bonds is 7. The number of piperidine rings is 1. The fraction of sp³-hybridized carbons (Fsp3) is 0.444. The number of anilines is 3. The zero-order chi connectivity index (χ0) is 19.2. The van der Waals surface area contributed by atoms with E-state index in [1.807, 2.05) is 13.0 Å². The Bertz CT molecular complexity index is 810. The smallest absolute Gasteiger partial charge is 0.353 e. The lowest BCUT2D eigenvalue weighted by Gasteiger charge is -2.26. The van der Waals surface area contributed by atoms with Gasteiger partial charge in [-0.15, -0.1) is 0 Å². The van der Waals surface area contributed by atoms with Crippen LogP contribution < -0.4 is 10.6 Å². The predicted octanol–water partition coefficient (Wildman–Crippen LogP) is 3.99. The first-order valence-electron chi connectivity index (χ1n) is 9.03. The van der Waals surface area contributed by atoms with Crippen LogP contribution in [0.25, 0.3) is 0 Å². The van der Waals surface area contributed by atoms with Crippen molar-refractivity contribution in [3.8, 4) is 0 Å². The average Bonchev–Trinajstić information content (AvgIpc) is 2.65. The van der Waals surface area contributed by atoms with Crippen molar-refractivity contribution in [1.29, 1.82) is 0 Å². The summed E-state index contributed by atoms with van der Waals surface area (Å²) in [5.41, 5.74) is 1.39. The van der Waals surface area contributed by atoms with Crippen molar-refractivity contribution in [2.45, 2.75) is 26.2 Å². The van der Waals surface area contributed by atoms with Gasteiger partial charge in [0.05, 0.1) is 4.92 Å². The van der Waals surface area contributed by atoms with Gasteiger partial charge < -0.3 is 15.5 Å². The normalized spacial score (nSPS) is 14.7. The molecule has 0 bridgehead atoms. The lowest BCUT2D eigenvalue weighted by atomic mass is 10.1. The Labute approximate surface area is 163 Å². The maximum absolute atomic E-state index is 11.6. The number of aromatic nitrogens is 2. The molecule has 1 aliphatic heterocycles. The quantitative estimate of drug-likeness (QED) is 0.545. The van der Waals surface area contributed by atoms with Gasteiger partial charge in [-0.3, -0.25) is 10.1 Å². The highest BCUT2D eigenvalue weighted by atomic mass is 35.5. The van der Waals surface area contributed by atoms with Crippen LogP contribution in [0.1, 0.15) is 24.8 Å². The fourth-order valence-corrected chi connectivity index (χ4v) is 3.28. The Morgan fingerprint density at radius 2 is 1.96 bits per heavy atom. The molecule has 1 saturated heterocycles. The van der Waals surface area contributed by atoms with E-state index in [1.54, 1.807) is 12.1 Å². The van der Waals surface area contributed by atoms with Crippen LogP contribution in [0.15, 0.2) is 24.5 Å². The van der Waals surface area contributed by atoms with Crippen LogP contribution in [0, 0.1) is 17.0 Å². The molecule has 0 amide bonds. The molecule has 3 rings (SSSR count). The number of aryl methyl sites for hydroxylation is 1. The molecule has 0 atom stereocenters. The molecule has 0 spiro atoms. The fourth-order valence-electron chi connectivity index (χ4n) is 3.10. The molecule has 0 saturated carbocycles. The van der Waals surface area contributed by atoms with Gasteiger partial charge >= 0.3 is 5.69 Å². The Kier molecular flexibility index (Phi) is 6.41. The van der Waals surface area contributed by atoms with Crippen LogP contribution in [0.5, 0.6) is 0 Å². The molecule has 0 radical (unpaired) electrons. The summed E-state index contributed by atoms with van der Waals surface area (Å²) in [6.45, 7) is 5.47. The summed E-state index contributed by atoms with van der Waals surface area (Å²) >= 11 is 6.13. The molecule has 2 heterocycles. The van der Waals surface area contributed by atoms with Gasteiger partial charge in [0.25, 0.3) is 0 Å². The van der Waals surface area contributed by atoms with E-state index in [9.17, 15) is 10.1 Å². The molecule has 144 valence electrons. The van der Waals surface area contributed by atoms with Gasteiger partial charge in [-0.2, -0.15) is 0 Å². The minimum absolute atomic E-state index is 0.135. The summed E-state index contributed by atoms with van der Waals surface area (Å²) in [7, 11) is 0. The third-order valence-electron chi connectivity index (χ3n) is 4.61. The van der Waals surface area contributed by atoms with E-state index < -0.39 is 4.92 Å². The molecule has 9 heteroatoms. The first-order valence-corrected chi connectivity index (χ1v) is 9.41. The molecule has 1 fully saturated rings. The Hall–Kier alpha value is -2.45. The van der Waals surface area contributed by atoms with Crippen molar-refractivity contribution in [1.82, 2.24) is 14.9 Å². The first kappa shape index (κ1) is 19.3. The van der Waals surface area contributed by atoms with E-state index >= 15 is 0 Å². The lowest BCUT2D eigenvalue weighted by Crippen LogP contribution is -2.33. The molecule has 0 aliphatic carbocycles. The van der Waals surface area contributed by atoms with Gasteiger partial charge in [0.1, 0.15) is 6.33 Å². The minimum Gasteiger partial charge on any atom is -0.363 e. The van der Waals surface area contributed by atoms with Gasteiger partial charge in [0, 0.05) is 23.8 Å². The predicted molar refractivity (Wildman–Crippen MR) is 107 cm³/mol. The van der Waals surface area contributed by atoms with Gasteiger partial charge in [-0.25, -0.2) is 9.97 Å². The Balaban J connectivity index is 1.73. The van der Waals surface area contributed by atoms with Gasteiger partial charge in [-0.05, 0) is 50.6 Å². The largest absolute Gasteiger partial charge is 0.363 e. The summed E-state index contributed by atoms with van der Waals surface area (Å²) in [5, 5.41) is 18.3.